The number of likely N-dealkylation sites (tertiary alicyclic amines) is 1. The first-order valence-electron chi connectivity index (χ1n) is 9.11. The van der Waals surface area contributed by atoms with E-state index in [0.717, 1.165) is 11.1 Å². The Labute approximate surface area is 155 Å². The molecule has 0 radical (unpaired) electrons. The van der Waals surface area contributed by atoms with E-state index < -0.39 is 5.41 Å². The molecular formula is C22H24N2O2. The second-order valence-electron chi connectivity index (χ2n) is 6.63. The molecule has 4 heteroatoms. The Morgan fingerprint density at radius 2 is 1.65 bits per heavy atom. The van der Waals surface area contributed by atoms with Gasteiger partial charge in [-0.05, 0) is 24.5 Å². The molecule has 0 atom stereocenters. The van der Waals surface area contributed by atoms with Crippen LogP contribution in [0.5, 0.6) is 0 Å². The molecule has 26 heavy (non-hydrogen) atoms. The first-order chi connectivity index (χ1) is 12.7. The molecule has 0 aromatic heterocycles. The molecule has 0 unspecified atom stereocenters. The Morgan fingerprint density at radius 3 is 2.12 bits per heavy atom. The minimum atomic E-state index is -0.817. The molecule has 2 aromatic rings. The third-order valence-electron chi connectivity index (χ3n) is 5.04. The highest BCUT2D eigenvalue weighted by atomic mass is 16.5. The van der Waals surface area contributed by atoms with Gasteiger partial charge in [0.2, 0.25) is 5.91 Å². The van der Waals surface area contributed by atoms with Crippen LogP contribution in [0.15, 0.2) is 60.7 Å². The Hall–Kier alpha value is -2.64. The largest absolute Gasteiger partial charge is 0.375 e. The average Bonchev–Trinajstić information content (AvgIpc) is 2.67. The van der Waals surface area contributed by atoms with Crippen molar-refractivity contribution < 1.29 is 9.53 Å². The van der Waals surface area contributed by atoms with Crippen molar-refractivity contribution >= 4 is 5.91 Å². The Balaban J connectivity index is 1.77. The number of carbonyl (C=O) groups is 1. The number of amides is 1. The van der Waals surface area contributed by atoms with E-state index in [0.29, 0.717) is 32.5 Å². The molecular weight excluding hydrogens is 324 g/mol. The van der Waals surface area contributed by atoms with Gasteiger partial charge in [0.15, 0.2) is 0 Å². The van der Waals surface area contributed by atoms with Crippen LogP contribution in [0.1, 0.15) is 30.9 Å². The summed E-state index contributed by atoms with van der Waals surface area (Å²) in [5.74, 6) is 0.0902. The fourth-order valence-electron chi connectivity index (χ4n) is 3.52. The van der Waals surface area contributed by atoms with Crippen molar-refractivity contribution in [1.82, 2.24) is 4.90 Å². The van der Waals surface area contributed by atoms with Crippen molar-refractivity contribution in [3.8, 4) is 6.07 Å². The van der Waals surface area contributed by atoms with E-state index in [2.05, 4.69) is 6.07 Å². The smallest absolute Gasteiger partial charge is 0.222 e. The standard InChI is InChI=1S/C22H24N2O2/c1-2-26-20-15-24(16-20)21(25)13-14-22(17-23,18-9-5-3-6-10-18)19-11-7-4-8-12-19/h3-12,20H,2,13-16H2,1H3. The van der Waals surface area contributed by atoms with Crippen LogP contribution in [-0.2, 0) is 14.9 Å². The van der Waals surface area contributed by atoms with E-state index >= 15 is 0 Å². The van der Waals surface area contributed by atoms with Crippen molar-refractivity contribution in [2.45, 2.75) is 31.3 Å². The van der Waals surface area contributed by atoms with Crippen molar-refractivity contribution in [2.24, 2.45) is 0 Å². The van der Waals surface area contributed by atoms with Gasteiger partial charge in [0.25, 0.3) is 0 Å². The van der Waals surface area contributed by atoms with Crippen LogP contribution in [-0.4, -0.2) is 36.6 Å². The minimum absolute atomic E-state index is 0.0902. The molecule has 2 aromatic carbocycles. The molecule has 0 bridgehead atoms. The molecule has 0 N–H and O–H groups in total. The molecule has 1 aliphatic rings. The van der Waals surface area contributed by atoms with Crippen LogP contribution >= 0.6 is 0 Å². The van der Waals surface area contributed by atoms with Crippen LogP contribution in [0.3, 0.4) is 0 Å². The quantitative estimate of drug-likeness (QED) is 0.769. The number of hydrogen-bond donors (Lipinski definition) is 0. The second kappa shape index (κ2) is 8.16. The molecule has 0 saturated carbocycles. The van der Waals surface area contributed by atoms with Gasteiger partial charge in [-0.2, -0.15) is 5.26 Å². The molecule has 1 saturated heterocycles. The first kappa shape index (κ1) is 18.2. The highest BCUT2D eigenvalue weighted by Crippen LogP contribution is 2.36. The second-order valence-corrected chi connectivity index (χ2v) is 6.63. The van der Waals surface area contributed by atoms with Crippen molar-refractivity contribution in [1.29, 1.82) is 5.26 Å². The molecule has 4 nitrogen and oxygen atoms in total. The van der Waals surface area contributed by atoms with Gasteiger partial charge in [-0.1, -0.05) is 60.7 Å². The lowest BCUT2D eigenvalue weighted by atomic mass is 9.72. The topological polar surface area (TPSA) is 53.3 Å². The highest BCUT2D eigenvalue weighted by molar-refractivity contribution is 5.77. The fourth-order valence-corrected chi connectivity index (χ4v) is 3.52. The molecule has 0 aliphatic carbocycles. The number of hydrogen-bond acceptors (Lipinski definition) is 3. The maximum absolute atomic E-state index is 12.6. The van der Waals surface area contributed by atoms with E-state index in [4.69, 9.17) is 4.74 Å². The Bertz CT molecular complexity index is 722. The van der Waals surface area contributed by atoms with Gasteiger partial charge in [-0.15, -0.1) is 0 Å². The summed E-state index contributed by atoms with van der Waals surface area (Å²) in [6.07, 6.45) is 0.968. The third kappa shape index (κ3) is 3.63. The predicted molar refractivity (Wildman–Crippen MR) is 101 cm³/mol. The van der Waals surface area contributed by atoms with Gasteiger partial charge in [-0.25, -0.2) is 0 Å². The van der Waals surface area contributed by atoms with E-state index in [1.54, 1.807) is 0 Å². The van der Waals surface area contributed by atoms with Crippen molar-refractivity contribution in [3.05, 3.63) is 71.8 Å². The number of nitrogens with zero attached hydrogens (tertiary/aromatic N) is 2. The maximum atomic E-state index is 12.6. The van der Waals surface area contributed by atoms with Crippen LogP contribution in [0.4, 0.5) is 0 Å². The van der Waals surface area contributed by atoms with Gasteiger partial charge in [0.05, 0.1) is 12.2 Å². The van der Waals surface area contributed by atoms with E-state index in [1.807, 2.05) is 72.5 Å². The number of rotatable bonds is 7. The van der Waals surface area contributed by atoms with Crippen LogP contribution in [0.2, 0.25) is 0 Å². The predicted octanol–water partition coefficient (Wildman–Crippen LogP) is 3.52. The average molecular weight is 348 g/mol. The van der Waals surface area contributed by atoms with Crippen LogP contribution < -0.4 is 0 Å². The summed E-state index contributed by atoms with van der Waals surface area (Å²) < 4.78 is 5.52. The SMILES string of the molecule is CCOC1CN(C(=O)CCC(C#N)(c2ccccc2)c2ccccc2)C1. The molecule has 1 aliphatic heterocycles. The summed E-state index contributed by atoms with van der Waals surface area (Å²) in [5.41, 5.74) is 1.04. The van der Waals surface area contributed by atoms with Gasteiger partial charge in [0.1, 0.15) is 5.41 Å². The highest BCUT2D eigenvalue weighted by Gasteiger charge is 2.37. The number of ether oxygens (including phenoxy) is 1. The molecule has 1 amide bonds. The Kier molecular flexibility index (Phi) is 5.70. The zero-order valence-corrected chi connectivity index (χ0v) is 15.1. The lowest BCUT2D eigenvalue weighted by molar-refractivity contribution is -0.144. The summed E-state index contributed by atoms with van der Waals surface area (Å²) in [5, 5.41) is 10.1. The third-order valence-corrected chi connectivity index (χ3v) is 5.04. The normalized spacial score (nSPS) is 14.5. The molecule has 1 fully saturated rings. The molecule has 134 valence electrons. The lowest BCUT2D eigenvalue weighted by Gasteiger charge is -2.39. The lowest BCUT2D eigenvalue weighted by Crippen LogP contribution is -2.54. The Morgan fingerprint density at radius 1 is 1.12 bits per heavy atom. The maximum Gasteiger partial charge on any atom is 0.222 e. The summed E-state index contributed by atoms with van der Waals surface area (Å²) in [6.45, 7) is 3.95. The van der Waals surface area contributed by atoms with Crippen LogP contribution in [0.25, 0.3) is 0 Å². The summed E-state index contributed by atoms with van der Waals surface area (Å²) >= 11 is 0. The van der Waals surface area contributed by atoms with Crippen LogP contribution in [0, 0.1) is 11.3 Å². The summed E-state index contributed by atoms with van der Waals surface area (Å²) in [7, 11) is 0. The van der Waals surface area contributed by atoms with Crippen molar-refractivity contribution in [3.63, 3.8) is 0 Å². The van der Waals surface area contributed by atoms with Gasteiger partial charge in [-0.3, -0.25) is 4.79 Å². The summed E-state index contributed by atoms with van der Waals surface area (Å²) in [4.78, 5) is 14.4. The minimum Gasteiger partial charge on any atom is -0.375 e. The van der Waals surface area contributed by atoms with Crippen molar-refractivity contribution in [2.75, 3.05) is 19.7 Å². The molecule has 1 heterocycles. The van der Waals surface area contributed by atoms with E-state index in [9.17, 15) is 10.1 Å². The monoisotopic (exact) mass is 348 g/mol. The number of nitriles is 1. The first-order valence-corrected chi connectivity index (χ1v) is 9.11. The zero-order valence-electron chi connectivity index (χ0n) is 15.1. The zero-order chi connectivity index (χ0) is 18.4. The van der Waals surface area contributed by atoms with E-state index in [1.165, 1.54) is 0 Å². The van der Waals surface area contributed by atoms with Gasteiger partial charge in [0, 0.05) is 26.1 Å². The molecule has 3 rings (SSSR count). The van der Waals surface area contributed by atoms with Gasteiger partial charge >= 0.3 is 0 Å². The summed E-state index contributed by atoms with van der Waals surface area (Å²) in [6, 6.07) is 22.0. The number of benzene rings is 2. The van der Waals surface area contributed by atoms with Gasteiger partial charge < -0.3 is 9.64 Å². The number of carbonyl (C=O) groups excluding carboxylic acids is 1. The van der Waals surface area contributed by atoms with E-state index in [-0.39, 0.29) is 12.0 Å². The fraction of sp³-hybridized carbons (Fsp3) is 0.364. The molecule has 0 spiro atoms.